The largest absolute Gasteiger partial charge is 0.448 e. The molecule has 24 heavy (non-hydrogen) atoms. The predicted octanol–water partition coefficient (Wildman–Crippen LogP) is 3.64. The lowest BCUT2D eigenvalue weighted by atomic mass is 10.2. The van der Waals surface area contributed by atoms with Gasteiger partial charge in [0.25, 0.3) is 0 Å². The third-order valence-electron chi connectivity index (χ3n) is 3.57. The smallest absolute Gasteiger partial charge is 0.410 e. The Bertz CT molecular complexity index is 823. The molecule has 2 aromatic rings. The van der Waals surface area contributed by atoms with Crippen LogP contribution in [0.1, 0.15) is 32.3 Å². The lowest BCUT2D eigenvalue weighted by Crippen LogP contribution is -2.41. The summed E-state index contributed by atoms with van der Waals surface area (Å²) in [5.74, 6) is 3.98. The molecule has 1 aliphatic heterocycles. The van der Waals surface area contributed by atoms with E-state index in [4.69, 9.17) is 15.6 Å². The minimum absolute atomic E-state index is 0.346. The van der Waals surface area contributed by atoms with E-state index < -0.39 is 5.60 Å². The zero-order valence-electron chi connectivity index (χ0n) is 13.8. The molecule has 0 saturated carbocycles. The van der Waals surface area contributed by atoms with Gasteiger partial charge in [0.15, 0.2) is 10.4 Å². The molecule has 6 nitrogen and oxygen atoms in total. The van der Waals surface area contributed by atoms with Gasteiger partial charge in [-0.15, -0.1) is 6.42 Å². The average Bonchev–Trinajstić information content (AvgIpc) is 3.07. The predicted molar refractivity (Wildman–Crippen MR) is 92.2 cm³/mol. The summed E-state index contributed by atoms with van der Waals surface area (Å²) < 4.78 is 13.7. The Labute approximate surface area is 148 Å². The molecule has 1 amide bonds. The van der Waals surface area contributed by atoms with Crippen molar-refractivity contribution in [2.75, 3.05) is 6.54 Å². The molecule has 0 aliphatic carbocycles. The summed E-state index contributed by atoms with van der Waals surface area (Å²) in [6, 6.07) is 3.65. The Balaban J connectivity index is 1.90. The number of terminal acetylenes is 1. The number of nitrogens with zero attached hydrogens (tertiary/aromatic N) is 3. The maximum atomic E-state index is 12.3. The van der Waals surface area contributed by atoms with Crippen LogP contribution in [-0.4, -0.2) is 32.7 Å². The molecule has 0 N–H and O–H groups in total. The van der Waals surface area contributed by atoms with E-state index in [9.17, 15) is 4.79 Å². The molecule has 0 aromatic carbocycles. The molecule has 0 unspecified atom stereocenters. The van der Waals surface area contributed by atoms with Gasteiger partial charge in [0.2, 0.25) is 0 Å². The van der Waals surface area contributed by atoms with Crippen LogP contribution in [-0.2, 0) is 17.8 Å². The maximum absolute atomic E-state index is 12.3. The Morgan fingerprint density at radius 2 is 2.17 bits per heavy atom. The molecule has 2 aromatic heterocycles. The summed E-state index contributed by atoms with van der Waals surface area (Å²) in [6.07, 6.45) is 5.25. The number of hydrogen-bond acceptors (Lipinski definition) is 4. The summed E-state index contributed by atoms with van der Waals surface area (Å²) in [5, 5.41) is 0. The molecule has 0 fully saturated rings. The number of furan rings is 1. The van der Waals surface area contributed by atoms with E-state index in [1.165, 1.54) is 0 Å². The molecule has 126 valence electrons. The topological polar surface area (TPSA) is 60.5 Å². The van der Waals surface area contributed by atoms with Crippen LogP contribution in [0.15, 0.2) is 21.2 Å². The number of aromatic nitrogens is 2. The van der Waals surface area contributed by atoms with Crippen LogP contribution in [0.25, 0.3) is 11.5 Å². The molecule has 0 atom stereocenters. The molecule has 0 bridgehead atoms. The monoisotopic (exact) mass is 391 g/mol. The highest BCUT2D eigenvalue weighted by atomic mass is 79.9. The van der Waals surface area contributed by atoms with E-state index in [0.29, 0.717) is 35.8 Å². The van der Waals surface area contributed by atoms with E-state index in [1.54, 1.807) is 4.90 Å². The standard InChI is InChI=1S/C17H18BrN3O3/c1-5-11-15(12-6-7-13(18)23-12)21-9-8-20(10-14(21)19-11)16(22)24-17(2,3)4/h1,6-7H,8-10H2,2-4H3. The van der Waals surface area contributed by atoms with E-state index in [0.717, 1.165) is 11.5 Å². The van der Waals surface area contributed by atoms with Crippen LogP contribution in [0.4, 0.5) is 4.79 Å². The first-order valence-electron chi connectivity index (χ1n) is 7.58. The van der Waals surface area contributed by atoms with Gasteiger partial charge >= 0.3 is 6.09 Å². The van der Waals surface area contributed by atoms with E-state index in [1.807, 2.05) is 37.5 Å². The molecular weight excluding hydrogens is 374 g/mol. The number of carbonyl (C=O) groups is 1. The summed E-state index contributed by atoms with van der Waals surface area (Å²) in [5.41, 5.74) is 0.749. The third kappa shape index (κ3) is 3.20. The van der Waals surface area contributed by atoms with Crippen molar-refractivity contribution < 1.29 is 13.9 Å². The van der Waals surface area contributed by atoms with E-state index in [2.05, 4.69) is 26.8 Å². The van der Waals surface area contributed by atoms with Crippen molar-refractivity contribution in [3.05, 3.63) is 28.3 Å². The number of rotatable bonds is 1. The minimum Gasteiger partial charge on any atom is -0.448 e. The van der Waals surface area contributed by atoms with Gasteiger partial charge in [-0.25, -0.2) is 9.78 Å². The van der Waals surface area contributed by atoms with Crippen molar-refractivity contribution in [1.29, 1.82) is 0 Å². The fraction of sp³-hybridized carbons (Fsp3) is 0.412. The van der Waals surface area contributed by atoms with Gasteiger partial charge in [0, 0.05) is 13.1 Å². The Kier molecular flexibility index (Phi) is 4.18. The van der Waals surface area contributed by atoms with E-state index >= 15 is 0 Å². The molecule has 1 aliphatic rings. The van der Waals surface area contributed by atoms with Crippen LogP contribution in [0.3, 0.4) is 0 Å². The molecule has 7 heteroatoms. The van der Waals surface area contributed by atoms with Gasteiger partial charge in [-0.2, -0.15) is 0 Å². The quantitative estimate of drug-likeness (QED) is 0.696. The number of amides is 1. The Morgan fingerprint density at radius 3 is 2.75 bits per heavy atom. The van der Waals surface area contributed by atoms with Crippen LogP contribution in [0.2, 0.25) is 0 Å². The molecule has 3 heterocycles. The lowest BCUT2D eigenvalue weighted by molar-refractivity contribution is 0.0196. The SMILES string of the molecule is C#Cc1nc2n(c1-c1ccc(Br)o1)CCN(C(=O)OC(C)(C)C)C2. The molecular formula is C17H18BrN3O3. The Morgan fingerprint density at radius 1 is 1.42 bits per heavy atom. The molecule has 0 radical (unpaired) electrons. The van der Waals surface area contributed by atoms with Crippen molar-refractivity contribution in [2.45, 2.75) is 39.5 Å². The zero-order chi connectivity index (χ0) is 17.5. The highest BCUT2D eigenvalue weighted by molar-refractivity contribution is 9.10. The second-order valence-corrected chi connectivity index (χ2v) is 7.31. The molecule has 0 spiro atoms. The van der Waals surface area contributed by atoms with Gasteiger partial charge < -0.3 is 13.7 Å². The fourth-order valence-electron chi connectivity index (χ4n) is 2.61. The first-order chi connectivity index (χ1) is 11.3. The van der Waals surface area contributed by atoms with Gasteiger partial charge in [0.05, 0.1) is 6.54 Å². The number of hydrogen-bond donors (Lipinski definition) is 0. The minimum atomic E-state index is -0.528. The highest BCUT2D eigenvalue weighted by Gasteiger charge is 2.30. The summed E-state index contributed by atoms with van der Waals surface area (Å²) in [4.78, 5) is 18.4. The number of carbonyl (C=O) groups excluding carboxylic acids is 1. The van der Waals surface area contributed by atoms with Crippen molar-refractivity contribution in [3.63, 3.8) is 0 Å². The number of halogens is 1. The van der Waals surface area contributed by atoms with Crippen LogP contribution < -0.4 is 0 Å². The van der Waals surface area contributed by atoms with Gasteiger partial charge in [-0.3, -0.25) is 4.90 Å². The van der Waals surface area contributed by atoms with Crippen LogP contribution in [0.5, 0.6) is 0 Å². The second-order valence-electron chi connectivity index (χ2n) is 6.53. The van der Waals surface area contributed by atoms with Crippen molar-refractivity contribution in [2.24, 2.45) is 0 Å². The zero-order valence-corrected chi connectivity index (χ0v) is 15.4. The maximum Gasteiger partial charge on any atom is 0.410 e. The normalized spacial score (nSPS) is 14.2. The summed E-state index contributed by atoms with van der Waals surface area (Å²) in [7, 11) is 0. The first-order valence-corrected chi connectivity index (χ1v) is 8.37. The fourth-order valence-corrected chi connectivity index (χ4v) is 2.91. The third-order valence-corrected chi connectivity index (χ3v) is 3.99. The van der Waals surface area contributed by atoms with Crippen molar-refractivity contribution in [1.82, 2.24) is 14.5 Å². The van der Waals surface area contributed by atoms with Crippen LogP contribution in [0, 0.1) is 12.3 Å². The molecule has 0 saturated heterocycles. The van der Waals surface area contributed by atoms with E-state index in [-0.39, 0.29) is 6.09 Å². The summed E-state index contributed by atoms with van der Waals surface area (Å²) in [6.45, 7) is 7.00. The van der Waals surface area contributed by atoms with Crippen molar-refractivity contribution >= 4 is 22.0 Å². The first kappa shape index (κ1) is 16.7. The second kappa shape index (κ2) is 6.02. The van der Waals surface area contributed by atoms with Gasteiger partial charge in [-0.05, 0) is 54.8 Å². The highest BCUT2D eigenvalue weighted by Crippen LogP contribution is 2.31. The number of imidazole rings is 1. The number of fused-ring (bicyclic) bond motifs is 1. The van der Waals surface area contributed by atoms with Gasteiger partial charge in [0.1, 0.15) is 22.8 Å². The van der Waals surface area contributed by atoms with Gasteiger partial charge in [-0.1, -0.05) is 0 Å². The van der Waals surface area contributed by atoms with Crippen LogP contribution >= 0.6 is 15.9 Å². The van der Waals surface area contributed by atoms with Crippen molar-refractivity contribution in [3.8, 4) is 23.8 Å². The average molecular weight is 392 g/mol. The number of ether oxygens (including phenoxy) is 1. The lowest BCUT2D eigenvalue weighted by Gasteiger charge is -2.30. The Hall–Kier alpha value is -2.20. The molecule has 3 rings (SSSR count). The summed E-state index contributed by atoms with van der Waals surface area (Å²) >= 11 is 3.30.